The number of amides is 1. The number of hydrogen-bond acceptors (Lipinski definition) is 1. The van der Waals surface area contributed by atoms with E-state index in [1.54, 1.807) is 0 Å². The molecule has 1 aliphatic rings. The number of benzene rings is 1. The Hall–Kier alpha value is -1.31. The van der Waals surface area contributed by atoms with E-state index in [0.717, 1.165) is 18.0 Å². The third kappa shape index (κ3) is 8.38. The average molecular weight is 358 g/mol. The van der Waals surface area contributed by atoms with Gasteiger partial charge in [0.15, 0.2) is 0 Å². The molecule has 0 radical (unpaired) electrons. The molecule has 1 aliphatic carbocycles. The van der Waals surface area contributed by atoms with Crippen molar-refractivity contribution in [2.75, 3.05) is 5.32 Å². The van der Waals surface area contributed by atoms with Crippen LogP contribution in [0.1, 0.15) is 115 Å². The molecule has 0 aliphatic heterocycles. The van der Waals surface area contributed by atoms with Gasteiger partial charge in [-0.3, -0.25) is 4.79 Å². The first kappa shape index (κ1) is 21.0. The monoisotopic (exact) mass is 357 g/mol. The van der Waals surface area contributed by atoms with E-state index in [1.807, 2.05) is 0 Å². The number of rotatable bonds is 12. The largest absolute Gasteiger partial charge is 0.326 e. The first-order chi connectivity index (χ1) is 12.8. The molecule has 1 saturated carbocycles. The van der Waals surface area contributed by atoms with E-state index < -0.39 is 0 Å². The zero-order valence-corrected chi connectivity index (χ0v) is 16.9. The van der Waals surface area contributed by atoms with Crippen molar-refractivity contribution in [2.45, 2.75) is 109 Å². The summed E-state index contributed by atoms with van der Waals surface area (Å²) >= 11 is 0. The standard InChI is InChI=1S/C24H39NO/c1-2-3-4-5-6-7-8-9-13-16-24(26)25-23-19-17-22(18-20-23)21-14-11-10-12-15-21/h17-21H,2-16H2,1H3,(H,25,26). The van der Waals surface area contributed by atoms with Crippen LogP contribution in [0.5, 0.6) is 0 Å². The van der Waals surface area contributed by atoms with Gasteiger partial charge >= 0.3 is 0 Å². The molecular formula is C24H39NO. The molecule has 0 saturated heterocycles. The summed E-state index contributed by atoms with van der Waals surface area (Å²) in [5.74, 6) is 0.897. The Morgan fingerprint density at radius 2 is 1.42 bits per heavy atom. The van der Waals surface area contributed by atoms with Crippen molar-refractivity contribution in [1.29, 1.82) is 0 Å². The van der Waals surface area contributed by atoms with Gasteiger partial charge in [0.25, 0.3) is 0 Å². The highest BCUT2D eigenvalue weighted by molar-refractivity contribution is 5.90. The molecule has 0 unspecified atom stereocenters. The smallest absolute Gasteiger partial charge is 0.224 e. The molecule has 2 heteroatoms. The molecule has 0 heterocycles. The third-order valence-corrected chi connectivity index (χ3v) is 5.78. The van der Waals surface area contributed by atoms with E-state index >= 15 is 0 Å². The van der Waals surface area contributed by atoms with Crippen molar-refractivity contribution < 1.29 is 4.79 Å². The van der Waals surface area contributed by atoms with Crippen LogP contribution < -0.4 is 5.32 Å². The SMILES string of the molecule is CCCCCCCCCCCC(=O)Nc1ccc(C2CCCCC2)cc1. The summed E-state index contributed by atoms with van der Waals surface area (Å²) in [6.45, 7) is 2.26. The highest BCUT2D eigenvalue weighted by Crippen LogP contribution is 2.32. The minimum absolute atomic E-state index is 0.165. The topological polar surface area (TPSA) is 29.1 Å². The second-order valence-electron chi connectivity index (χ2n) is 8.08. The van der Waals surface area contributed by atoms with Crippen molar-refractivity contribution in [3.63, 3.8) is 0 Å². The molecule has 26 heavy (non-hydrogen) atoms. The van der Waals surface area contributed by atoms with Gasteiger partial charge in [0.1, 0.15) is 0 Å². The van der Waals surface area contributed by atoms with Gasteiger partial charge in [-0.25, -0.2) is 0 Å². The molecule has 1 aromatic carbocycles. The van der Waals surface area contributed by atoms with Crippen molar-refractivity contribution in [3.05, 3.63) is 29.8 Å². The fourth-order valence-corrected chi connectivity index (χ4v) is 4.09. The van der Waals surface area contributed by atoms with Crippen LogP contribution in [-0.4, -0.2) is 5.91 Å². The maximum Gasteiger partial charge on any atom is 0.224 e. The maximum absolute atomic E-state index is 12.1. The molecule has 0 spiro atoms. The first-order valence-electron chi connectivity index (χ1n) is 11.2. The highest BCUT2D eigenvalue weighted by Gasteiger charge is 2.15. The molecule has 2 nitrogen and oxygen atoms in total. The van der Waals surface area contributed by atoms with E-state index in [1.165, 1.54) is 89.0 Å². The number of carbonyl (C=O) groups excluding carboxylic acids is 1. The molecule has 0 aromatic heterocycles. The van der Waals surface area contributed by atoms with Gasteiger partial charge in [0, 0.05) is 12.1 Å². The Labute approximate surface area is 161 Å². The van der Waals surface area contributed by atoms with Crippen LogP contribution in [0.2, 0.25) is 0 Å². The number of unbranched alkanes of at least 4 members (excludes halogenated alkanes) is 8. The van der Waals surface area contributed by atoms with Crippen LogP contribution >= 0.6 is 0 Å². The fourth-order valence-electron chi connectivity index (χ4n) is 4.09. The predicted molar refractivity (Wildman–Crippen MR) is 113 cm³/mol. The third-order valence-electron chi connectivity index (χ3n) is 5.78. The van der Waals surface area contributed by atoms with Crippen molar-refractivity contribution >= 4 is 11.6 Å². The summed E-state index contributed by atoms with van der Waals surface area (Å²) in [7, 11) is 0. The number of nitrogens with one attached hydrogen (secondary N) is 1. The van der Waals surface area contributed by atoms with E-state index in [4.69, 9.17) is 0 Å². The van der Waals surface area contributed by atoms with Crippen molar-refractivity contribution in [3.8, 4) is 0 Å². The molecule has 0 bridgehead atoms. The van der Waals surface area contributed by atoms with Crippen molar-refractivity contribution in [1.82, 2.24) is 0 Å². The van der Waals surface area contributed by atoms with E-state index in [0.29, 0.717) is 6.42 Å². The van der Waals surface area contributed by atoms with Crippen molar-refractivity contribution in [2.24, 2.45) is 0 Å². The van der Waals surface area contributed by atoms with Crippen LogP contribution in [0.25, 0.3) is 0 Å². The summed E-state index contributed by atoms with van der Waals surface area (Å²) in [5, 5.41) is 3.06. The fraction of sp³-hybridized carbons (Fsp3) is 0.708. The summed E-state index contributed by atoms with van der Waals surface area (Å²) < 4.78 is 0. The first-order valence-corrected chi connectivity index (χ1v) is 11.2. The Morgan fingerprint density at radius 1 is 0.846 bits per heavy atom. The lowest BCUT2D eigenvalue weighted by molar-refractivity contribution is -0.116. The summed E-state index contributed by atoms with van der Waals surface area (Å²) in [5.41, 5.74) is 2.40. The zero-order chi connectivity index (χ0) is 18.5. The van der Waals surface area contributed by atoms with Gasteiger partial charge in [0.05, 0.1) is 0 Å². The van der Waals surface area contributed by atoms with E-state index in [2.05, 4.69) is 36.5 Å². The maximum atomic E-state index is 12.1. The van der Waals surface area contributed by atoms with Gasteiger partial charge in [-0.2, -0.15) is 0 Å². The molecule has 0 atom stereocenters. The molecule has 2 rings (SSSR count). The lowest BCUT2D eigenvalue weighted by atomic mass is 9.84. The van der Waals surface area contributed by atoms with Gasteiger partial charge in [0.2, 0.25) is 5.91 Å². The summed E-state index contributed by atoms with van der Waals surface area (Å²) in [6, 6.07) is 8.59. The number of carbonyl (C=O) groups is 1. The highest BCUT2D eigenvalue weighted by atomic mass is 16.1. The van der Waals surface area contributed by atoms with Crippen LogP contribution in [0.3, 0.4) is 0 Å². The lowest BCUT2D eigenvalue weighted by Gasteiger charge is -2.22. The second-order valence-corrected chi connectivity index (χ2v) is 8.08. The molecular weight excluding hydrogens is 318 g/mol. The molecule has 1 fully saturated rings. The minimum Gasteiger partial charge on any atom is -0.326 e. The average Bonchev–Trinajstić information content (AvgIpc) is 2.68. The quantitative estimate of drug-likeness (QED) is 0.383. The lowest BCUT2D eigenvalue weighted by Crippen LogP contribution is -2.11. The Bertz CT molecular complexity index is 487. The van der Waals surface area contributed by atoms with Crippen LogP contribution in [0.4, 0.5) is 5.69 Å². The summed E-state index contributed by atoms with van der Waals surface area (Å²) in [4.78, 5) is 12.1. The van der Waals surface area contributed by atoms with Gasteiger partial charge in [-0.05, 0) is 42.9 Å². The minimum atomic E-state index is 0.165. The zero-order valence-electron chi connectivity index (χ0n) is 16.9. The number of anilines is 1. The van der Waals surface area contributed by atoms with E-state index in [9.17, 15) is 4.79 Å². The van der Waals surface area contributed by atoms with Gasteiger partial charge in [-0.1, -0.05) is 89.7 Å². The summed E-state index contributed by atoms with van der Waals surface area (Å²) in [6.07, 6.45) is 19.0. The Morgan fingerprint density at radius 3 is 2.04 bits per heavy atom. The number of hydrogen-bond donors (Lipinski definition) is 1. The Balaban J connectivity index is 1.55. The molecule has 146 valence electrons. The normalized spacial score (nSPS) is 15.1. The van der Waals surface area contributed by atoms with Crippen LogP contribution in [-0.2, 0) is 4.79 Å². The van der Waals surface area contributed by atoms with Crippen LogP contribution in [0.15, 0.2) is 24.3 Å². The van der Waals surface area contributed by atoms with E-state index in [-0.39, 0.29) is 5.91 Å². The van der Waals surface area contributed by atoms with Crippen LogP contribution in [0, 0.1) is 0 Å². The Kier molecular flexibility index (Phi) is 10.5. The molecule has 1 amide bonds. The van der Waals surface area contributed by atoms with Gasteiger partial charge < -0.3 is 5.32 Å². The molecule has 1 N–H and O–H groups in total. The predicted octanol–water partition coefficient (Wildman–Crippen LogP) is 7.59. The second kappa shape index (κ2) is 12.9. The van der Waals surface area contributed by atoms with Gasteiger partial charge in [-0.15, -0.1) is 0 Å². The molecule has 1 aromatic rings.